The molecule has 24 heavy (non-hydrogen) atoms. The summed E-state index contributed by atoms with van der Waals surface area (Å²) in [6.07, 6.45) is 3.21. The van der Waals surface area contributed by atoms with Crippen molar-refractivity contribution >= 4 is 25.4 Å². The number of carbonyl (C=O) groups excluding carboxylic acids is 1. The summed E-state index contributed by atoms with van der Waals surface area (Å²) in [5.41, 5.74) is -0.0599. The largest absolute Gasteiger partial charge is 0.401 e. The van der Waals surface area contributed by atoms with Crippen molar-refractivity contribution in [3.8, 4) is 0 Å². The maximum absolute atomic E-state index is 12.2. The van der Waals surface area contributed by atoms with Gasteiger partial charge >= 0.3 is 0 Å². The van der Waals surface area contributed by atoms with Gasteiger partial charge in [0, 0.05) is 6.42 Å². The molecule has 2 aromatic rings. The van der Waals surface area contributed by atoms with E-state index in [4.69, 9.17) is 4.43 Å². The fourth-order valence-electron chi connectivity index (χ4n) is 2.63. The summed E-state index contributed by atoms with van der Waals surface area (Å²) in [5.74, 6) is 0. The molecule has 0 bridgehead atoms. The number of carbonyl (C=O) groups is 1. The van der Waals surface area contributed by atoms with Gasteiger partial charge in [-0.05, 0) is 40.5 Å². The third-order valence-corrected chi connectivity index (χ3v) is 9.61. The van der Waals surface area contributed by atoms with Gasteiger partial charge in [-0.25, -0.2) is 0 Å². The summed E-state index contributed by atoms with van der Waals surface area (Å²) in [7, 11) is -2.13. The highest BCUT2D eigenvalue weighted by Gasteiger charge is 2.45. The van der Waals surface area contributed by atoms with Gasteiger partial charge in [0.2, 0.25) is 0 Å². The standard InChI is InChI=1S/C21H28O2Si/c1-7-14-21(16-22,23-24(5,6)20(2,3)4)19-13-12-17-10-8-9-11-18(17)15-19/h7-13,15-16H,1,14H2,2-6H3/t21-/m1/s1. The van der Waals surface area contributed by atoms with E-state index in [1.807, 2.05) is 18.2 Å². The summed E-state index contributed by atoms with van der Waals surface area (Å²) >= 11 is 0. The fraction of sp³-hybridized carbons (Fsp3) is 0.381. The van der Waals surface area contributed by atoms with E-state index in [9.17, 15) is 4.79 Å². The van der Waals surface area contributed by atoms with Crippen molar-refractivity contribution in [1.82, 2.24) is 0 Å². The number of hydrogen-bond acceptors (Lipinski definition) is 2. The summed E-state index contributed by atoms with van der Waals surface area (Å²) in [4.78, 5) is 12.2. The van der Waals surface area contributed by atoms with Gasteiger partial charge in [-0.1, -0.05) is 63.2 Å². The molecule has 0 unspecified atom stereocenters. The van der Waals surface area contributed by atoms with Crippen LogP contribution in [0, 0.1) is 0 Å². The molecule has 2 nitrogen and oxygen atoms in total. The van der Waals surface area contributed by atoms with Crippen molar-refractivity contribution in [2.24, 2.45) is 0 Å². The Kier molecular flexibility index (Phi) is 5.16. The minimum Gasteiger partial charge on any atom is -0.401 e. The molecule has 0 aliphatic carbocycles. The summed E-state index contributed by atoms with van der Waals surface area (Å²) < 4.78 is 6.61. The Balaban J connectivity index is 2.57. The number of aldehydes is 1. The zero-order valence-corrected chi connectivity index (χ0v) is 16.4. The van der Waals surface area contributed by atoms with E-state index >= 15 is 0 Å². The number of hydrogen-bond donors (Lipinski definition) is 0. The molecule has 0 aromatic heterocycles. The average molecular weight is 341 g/mol. The van der Waals surface area contributed by atoms with Crippen LogP contribution in [0.4, 0.5) is 0 Å². The normalized spacial score (nSPS) is 15.0. The highest BCUT2D eigenvalue weighted by atomic mass is 28.4. The average Bonchev–Trinajstić information content (AvgIpc) is 2.52. The Hall–Kier alpha value is -1.71. The van der Waals surface area contributed by atoms with Crippen LogP contribution in [-0.4, -0.2) is 14.6 Å². The lowest BCUT2D eigenvalue weighted by Crippen LogP contribution is -2.49. The molecule has 0 saturated heterocycles. The van der Waals surface area contributed by atoms with E-state index in [0.717, 1.165) is 22.6 Å². The minimum atomic E-state index is -2.13. The molecule has 3 heteroatoms. The van der Waals surface area contributed by atoms with Crippen LogP contribution in [-0.2, 0) is 14.8 Å². The quantitative estimate of drug-likeness (QED) is 0.375. The van der Waals surface area contributed by atoms with Crippen LogP contribution < -0.4 is 0 Å². The van der Waals surface area contributed by atoms with E-state index < -0.39 is 13.9 Å². The molecule has 0 aliphatic rings. The first-order valence-electron chi connectivity index (χ1n) is 8.42. The lowest BCUT2D eigenvalue weighted by molar-refractivity contribution is -0.123. The van der Waals surface area contributed by atoms with Crippen LogP contribution in [0.25, 0.3) is 10.8 Å². The third-order valence-electron chi connectivity index (χ3n) is 5.12. The van der Waals surface area contributed by atoms with E-state index in [0.29, 0.717) is 6.42 Å². The van der Waals surface area contributed by atoms with Crippen LogP contribution in [0.5, 0.6) is 0 Å². The second kappa shape index (κ2) is 6.65. The molecule has 128 valence electrons. The van der Waals surface area contributed by atoms with E-state index in [1.54, 1.807) is 6.08 Å². The first-order chi connectivity index (χ1) is 11.1. The lowest BCUT2D eigenvalue weighted by atomic mass is 9.90. The molecule has 0 amide bonds. The van der Waals surface area contributed by atoms with Crippen molar-refractivity contribution in [3.63, 3.8) is 0 Å². The Morgan fingerprint density at radius 3 is 2.25 bits per heavy atom. The molecule has 0 fully saturated rings. The molecule has 0 spiro atoms. The van der Waals surface area contributed by atoms with Gasteiger partial charge in [-0.15, -0.1) is 6.58 Å². The topological polar surface area (TPSA) is 26.3 Å². The van der Waals surface area contributed by atoms with Crippen molar-refractivity contribution < 1.29 is 9.22 Å². The van der Waals surface area contributed by atoms with E-state index in [1.165, 1.54) is 0 Å². The zero-order valence-electron chi connectivity index (χ0n) is 15.4. The van der Waals surface area contributed by atoms with Crippen LogP contribution in [0.2, 0.25) is 18.1 Å². The SMILES string of the molecule is C=CC[C@](C=O)(O[Si](C)(C)C(C)(C)C)c1ccc2ccccc2c1. The minimum absolute atomic E-state index is 0.0271. The van der Waals surface area contributed by atoms with Crippen LogP contribution in [0.1, 0.15) is 32.8 Å². The molecule has 0 aliphatic heterocycles. The van der Waals surface area contributed by atoms with E-state index in [2.05, 4.69) is 64.7 Å². The monoisotopic (exact) mass is 340 g/mol. The summed E-state index contributed by atoms with van der Waals surface area (Å²) in [5, 5.41) is 2.30. The lowest BCUT2D eigenvalue weighted by Gasteiger charge is -2.43. The molecule has 0 N–H and O–H groups in total. The molecular formula is C21H28O2Si. The van der Waals surface area contributed by atoms with Crippen LogP contribution >= 0.6 is 0 Å². The van der Waals surface area contributed by atoms with Gasteiger partial charge in [0.25, 0.3) is 0 Å². The van der Waals surface area contributed by atoms with Gasteiger partial charge < -0.3 is 4.43 Å². The Morgan fingerprint density at radius 1 is 1.08 bits per heavy atom. The summed E-state index contributed by atoms with van der Waals surface area (Å²) in [6.45, 7) is 14.8. The zero-order chi connectivity index (χ0) is 18.0. The van der Waals surface area contributed by atoms with Crippen molar-refractivity contribution in [1.29, 1.82) is 0 Å². The van der Waals surface area contributed by atoms with Gasteiger partial charge in [0.1, 0.15) is 5.60 Å². The molecule has 0 saturated carbocycles. The second-order valence-corrected chi connectivity index (χ2v) is 12.6. The molecule has 2 rings (SSSR count). The van der Waals surface area contributed by atoms with Gasteiger partial charge in [0.15, 0.2) is 14.6 Å². The number of rotatable bonds is 6. The van der Waals surface area contributed by atoms with Crippen molar-refractivity contribution in [3.05, 3.63) is 60.7 Å². The maximum Gasteiger partial charge on any atom is 0.193 e. The maximum atomic E-state index is 12.2. The predicted molar refractivity (Wildman–Crippen MR) is 105 cm³/mol. The number of fused-ring (bicyclic) bond motifs is 1. The van der Waals surface area contributed by atoms with Gasteiger partial charge in [-0.2, -0.15) is 0 Å². The molecule has 0 heterocycles. The van der Waals surface area contributed by atoms with Gasteiger partial charge in [-0.3, -0.25) is 4.79 Å². The summed E-state index contributed by atoms with van der Waals surface area (Å²) in [6, 6.07) is 14.3. The molecule has 2 aromatic carbocycles. The molecule has 0 radical (unpaired) electrons. The van der Waals surface area contributed by atoms with Crippen molar-refractivity contribution in [2.75, 3.05) is 0 Å². The van der Waals surface area contributed by atoms with Crippen molar-refractivity contribution in [2.45, 2.75) is 50.9 Å². The third kappa shape index (κ3) is 3.52. The fourth-order valence-corrected chi connectivity index (χ4v) is 4.10. The second-order valence-electron chi connectivity index (χ2n) is 7.92. The molecule has 1 atom stereocenters. The van der Waals surface area contributed by atoms with Crippen LogP contribution in [0.15, 0.2) is 55.1 Å². The van der Waals surface area contributed by atoms with Crippen LogP contribution in [0.3, 0.4) is 0 Å². The Bertz CT molecular complexity index is 743. The smallest absolute Gasteiger partial charge is 0.193 e. The Morgan fingerprint density at radius 2 is 1.71 bits per heavy atom. The first kappa shape index (κ1) is 18.6. The number of benzene rings is 2. The highest BCUT2D eigenvalue weighted by molar-refractivity contribution is 6.74. The highest BCUT2D eigenvalue weighted by Crippen LogP contribution is 2.43. The molecular weight excluding hydrogens is 312 g/mol. The van der Waals surface area contributed by atoms with Gasteiger partial charge in [0.05, 0.1) is 0 Å². The first-order valence-corrected chi connectivity index (χ1v) is 11.3. The van der Waals surface area contributed by atoms with E-state index in [-0.39, 0.29) is 5.04 Å². The predicted octanol–water partition coefficient (Wildman–Crippen LogP) is 5.83. The Labute approximate surface area is 146 Å².